The Morgan fingerprint density at radius 3 is 2.76 bits per heavy atom. The van der Waals surface area contributed by atoms with Crippen LogP contribution in [0.3, 0.4) is 0 Å². The molecule has 0 radical (unpaired) electrons. The molecule has 3 rings (SSSR count). The molecule has 3 N–H and O–H groups in total. The second-order valence-corrected chi connectivity index (χ2v) is 4.75. The number of nitrogen functional groups attached to an aromatic ring is 1. The molecule has 1 aromatic heterocycles. The van der Waals surface area contributed by atoms with Crippen LogP contribution in [0.25, 0.3) is 10.9 Å². The quantitative estimate of drug-likeness (QED) is 0.570. The lowest BCUT2D eigenvalue weighted by Crippen LogP contribution is -2.15. The zero-order valence-electron chi connectivity index (χ0n) is 11.6. The first-order valence-electron chi connectivity index (χ1n) is 6.55. The highest BCUT2D eigenvalue weighted by atomic mass is 15.2. The molecule has 1 heterocycles. The van der Waals surface area contributed by atoms with E-state index in [1.165, 1.54) is 0 Å². The van der Waals surface area contributed by atoms with Crippen LogP contribution in [0, 0.1) is 5.41 Å². The predicted molar refractivity (Wildman–Crippen MR) is 85.1 cm³/mol. The van der Waals surface area contributed by atoms with Gasteiger partial charge in [-0.2, -0.15) is 0 Å². The van der Waals surface area contributed by atoms with E-state index < -0.39 is 0 Å². The highest BCUT2D eigenvalue weighted by Crippen LogP contribution is 2.22. The van der Waals surface area contributed by atoms with Crippen LogP contribution in [0.1, 0.15) is 5.56 Å². The van der Waals surface area contributed by atoms with Crippen molar-refractivity contribution >= 4 is 28.4 Å². The topological polar surface area (TPSA) is 78.9 Å². The van der Waals surface area contributed by atoms with Crippen molar-refractivity contribution in [3.8, 4) is 0 Å². The summed E-state index contributed by atoms with van der Waals surface area (Å²) in [5, 5.41) is 8.52. The molecule has 0 aliphatic rings. The molecule has 0 atom stereocenters. The van der Waals surface area contributed by atoms with Crippen LogP contribution in [-0.2, 0) is 0 Å². The van der Waals surface area contributed by atoms with Crippen LogP contribution in [0.4, 0.5) is 11.6 Å². The Kier molecular flexibility index (Phi) is 3.23. The number of anilines is 2. The predicted octanol–water partition coefficient (Wildman–Crippen LogP) is 2.68. The summed E-state index contributed by atoms with van der Waals surface area (Å²) in [4.78, 5) is 10.8. The molecule has 0 aliphatic heterocycles. The normalized spacial score (nSPS) is 10.5. The lowest BCUT2D eigenvalue weighted by atomic mass is 10.2. The minimum absolute atomic E-state index is 0.0460. The minimum atomic E-state index is 0.0460. The van der Waals surface area contributed by atoms with E-state index >= 15 is 0 Å². The largest absolute Gasteiger partial charge is 0.384 e. The summed E-state index contributed by atoms with van der Waals surface area (Å²) in [5.74, 6) is 0.652. The number of fused-ring (bicyclic) bond motifs is 1. The van der Waals surface area contributed by atoms with Crippen molar-refractivity contribution in [1.29, 1.82) is 5.41 Å². The number of hydrogen-bond donors (Lipinski definition) is 2. The number of benzene rings is 2. The lowest BCUT2D eigenvalue weighted by molar-refractivity contribution is 1.06. The van der Waals surface area contributed by atoms with Gasteiger partial charge in [-0.25, -0.2) is 9.97 Å². The fraction of sp³-hybridized carbons (Fsp3) is 0.0625. The summed E-state index contributed by atoms with van der Waals surface area (Å²) in [6, 6.07) is 15.3. The van der Waals surface area contributed by atoms with E-state index in [0.717, 1.165) is 16.6 Å². The molecule has 0 bridgehead atoms. The number of nitrogens with zero attached hydrogens (tertiary/aromatic N) is 3. The van der Waals surface area contributed by atoms with Crippen molar-refractivity contribution < 1.29 is 0 Å². The molecule has 2 aromatic carbocycles. The molecular weight excluding hydrogens is 262 g/mol. The van der Waals surface area contributed by atoms with Gasteiger partial charge in [0.25, 0.3) is 0 Å². The Balaban J connectivity index is 2.01. The number of hydrogen-bond acceptors (Lipinski definition) is 4. The second-order valence-electron chi connectivity index (χ2n) is 4.75. The van der Waals surface area contributed by atoms with Gasteiger partial charge >= 0.3 is 0 Å². The van der Waals surface area contributed by atoms with E-state index in [-0.39, 0.29) is 5.84 Å². The Morgan fingerprint density at radius 2 is 1.95 bits per heavy atom. The van der Waals surface area contributed by atoms with E-state index in [4.69, 9.17) is 11.1 Å². The van der Waals surface area contributed by atoms with Crippen molar-refractivity contribution in [2.45, 2.75) is 0 Å². The van der Waals surface area contributed by atoms with E-state index in [2.05, 4.69) is 9.97 Å². The van der Waals surface area contributed by atoms with Crippen LogP contribution in [0.5, 0.6) is 0 Å². The van der Waals surface area contributed by atoms with Crippen LogP contribution in [0.15, 0.2) is 54.7 Å². The van der Waals surface area contributed by atoms with Gasteiger partial charge in [-0.3, -0.25) is 5.41 Å². The molecule has 0 spiro atoms. The average molecular weight is 277 g/mol. The zero-order valence-corrected chi connectivity index (χ0v) is 11.6. The fourth-order valence-corrected chi connectivity index (χ4v) is 2.12. The number of amidine groups is 1. The first kappa shape index (κ1) is 13.1. The number of rotatable bonds is 3. The summed E-state index contributed by atoms with van der Waals surface area (Å²) >= 11 is 0. The van der Waals surface area contributed by atoms with Crippen molar-refractivity contribution in [2.75, 3.05) is 11.9 Å². The third-order valence-electron chi connectivity index (χ3n) is 3.32. The van der Waals surface area contributed by atoms with Crippen LogP contribution in [0.2, 0.25) is 0 Å². The smallest absolute Gasteiger partial charge is 0.230 e. The van der Waals surface area contributed by atoms with Crippen molar-refractivity contribution in [3.05, 3.63) is 60.3 Å². The molecule has 5 nitrogen and oxygen atoms in total. The maximum Gasteiger partial charge on any atom is 0.230 e. The number of para-hydroxylation sites is 1. The fourth-order valence-electron chi connectivity index (χ4n) is 2.12. The standard InChI is InChI=1S/C16H15N5/c1-21(13-7-4-6-11(9-13)15(17)18)16-19-10-12-5-2-3-8-14(12)20-16/h2-10H,1H3,(H3,17,18). The number of nitrogens with two attached hydrogens (primary N) is 1. The van der Waals surface area contributed by atoms with Gasteiger partial charge in [0.05, 0.1) is 5.52 Å². The zero-order chi connectivity index (χ0) is 14.8. The highest BCUT2D eigenvalue weighted by Gasteiger charge is 2.09. The molecule has 0 aliphatic carbocycles. The van der Waals surface area contributed by atoms with Gasteiger partial charge in [-0.15, -0.1) is 0 Å². The molecule has 0 unspecified atom stereocenters. The van der Waals surface area contributed by atoms with E-state index in [0.29, 0.717) is 11.5 Å². The molecule has 0 fully saturated rings. The van der Waals surface area contributed by atoms with Crippen molar-refractivity contribution in [2.24, 2.45) is 5.73 Å². The molecular formula is C16H15N5. The minimum Gasteiger partial charge on any atom is -0.384 e. The summed E-state index contributed by atoms with van der Waals surface area (Å²) in [6.45, 7) is 0. The van der Waals surface area contributed by atoms with Crippen molar-refractivity contribution in [3.63, 3.8) is 0 Å². The van der Waals surface area contributed by atoms with E-state index in [1.807, 2.05) is 60.6 Å². The summed E-state index contributed by atoms with van der Waals surface area (Å²) < 4.78 is 0. The Labute approximate surface area is 122 Å². The molecule has 0 saturated heterocycles. The molecule has 3 aromatic rings. The van der Waals surface area contributed by atoms with Gasteiger partial charge in [0.15, 0.2) is 0 Å². The number of aromatic nitrogens is 2. The molecule has 0 amide bonds. The first-order chi connectivity index (χ1) is 10.1. The van der Waals surface area contributed by atoms with Gasteiger partial charge in [0.1, 0.15) is 5.84 Å². The third-order valence-corrected chi connectivity index (χ3v) is 3.32. The Hall–Kier alpha value is -2.95. The van der Waals surface area contributed by atoms with E-state index in [9.17, 15) is 0 Å². The van der Waals surface area contributed by atoms with Crippen molar-refractivity contribution in [1.82, 2.24) is 9.97 Å². The maximum absolute atomic E-state index is 7.51. The van der Waals surface area contributed by atoms with Crippen LogP contribution in [-0.4, -0.2) is 22.9 Å². The van der Waals surface area contributed by atoms with Crippen LogP contribution < -0.4 is 10.6 Å². The third kappa shape index (κ3) is 2.53. The SMILES string of the molecule is CN(c1cccc(C(=N)N)c1)c1ncc2ccccc2n1. The highest BCUT2D eigenvalue weighted by molar-refractivity contribution is 5.96. The maximum atomic E-state index is 7.51. The summed E-state index contributed by atoms with van der Waals surface area (Å²) in [7, 11) is 1.89. The molecule has 0 saturated carbocycles. The van der Waals surface area contributed by atoms with E-state index in [1.54, 1.807) is 6.07 Å². The monoisotopic (exact) mass is 277 g/mol. The molecule has 5 heteroatoms. The van der Waals surface area contributed by atoms with Gasteiger partial charge < -0.3 is 10.6 Å². The first-order valence-corrected chi connectivity index (χ1v) is 6.55. The van der Waals surface area contributed by atoms with Gasteiger partial charge in [-0.1, -0.05) is 30.3 Å². The molecule has 21 heavy (non-hydrogen) atoms. The van der Waals surface area contributed by atoms with Gasteiger partial charge in [0.2, 0.25) is 5.95 Å². The lowest BCUT2D eigenvalue weighted by Gasteiger charge is -2.18. The average Bonchev–Trinajstić information content (AvgIpc) is 2.53. The molecule has 104 valence electrons. The van der Waals surface area contributed by atoms with Gasteiger partial charge in [-0.05, 0) is 18.2 Å². The Morgan fingerprint density at radius 1 is 1.14 bits per heavy atom. The number of nitrogens with one attached hydrogen (secondary N) is 1. The Bertz CT molecular complexity index is 812. The second kappa shape index (κ2) is 5.20. The summed E-state index contributed by atoms with van der Waals surface area (Å²) in [5.41, 5.74) is 8.00. The van der Waals surface area contributed by atoms with Gasteiger partial charge in [0, 0.05) is 29.9 Å². The van der Waals surface area contributed by atoms with Crippen LogP contribution >= 0.6 is 0 Å². The summed E-state index contributed by atoms with van der Waals surface area (Å²) in [6.07, 6.45) is 1.81.